The predicted molar refractivity (Wildman–Crippen MR) is 67.6 cm³/mol. The molecular formula is C10H14N2O2S2. The molecule has 2 heterocycles. The molecule has 0 aromatic carbocycles. The number of aromatic nitrogens is 1. The molecule has 0 bridgehead atoms. The van der Waals surface area contributed by atoms with Gasteiger partial charge in [-0.2, -0.15) is 11.8 Å². The van der Waals surface area contributed by atoms with Gasteiger partial charge in [-0.25, -0.2) is 9.78 Å². The van der Waals surface area contributed by atoms with Crippen LogP contribution < -0.4 is 5.32 Å². The van der Waals surface area contributed by atoms with E-state index in [-0.39, 0.29) is 5.69 Å². The van der Waals surface area contributed by atoms with Crippen LogP contribution in [0.25, 0.3) is 0 Å². The first kappa shape index (κ1) is 11.7. The third kappa shape index (κ3) is 3.12. The first-order chi connectivity index (χ1) is 7.75. The number of rotatable bonds is 4. The number of hydrogen-bond donors (Lipinski definition) is 2. The number of thiazole rings is 1. The number of carboxylic acids is 1. The summed E-state index contributed by atoms with van der Waals surface area (Å²) in [5.41, 5.74) is 0.131. The zero-order valence-corrected chi connectivity index (χ0v) is 10.4. The minimum absolute atomic E-state index is 0.131. The van der Waals surface area contributed by atoms with Crippen LogP contribution in [0.3, 0.4) is 0 Å². The van der Waals surface area contributed by atoms with Crippen molar-refractivity contribution in [1.82, 2.24) is 4.98 Å². The number of carboxylic acid groups (broad SMARTS) is 1. The Hall–Kier alpha value is -0.750. The second-order valence-corrected chi connectivity index (χ2v) is 5.86. The van der Waals surface area contributed by atoms with E-state index in [9.17, 15) is 4.79 Å². The molecular weight excluding hydrogens is 244 g/mol. The molecule has 0 aliphatic carbocycles. The quantitative estimate of drug-likeness (QED) is 0.868. The highest BCUT2D eigenvalue weighted by molar-refractivity contribution is 7.99. The molecule has 0 saturated carbocycles. The van der Waals surface area contributed by atoms with Gasteiger partial charge in [-0.15, -0.1) is 11.3 Å². The Morgan fingerprint density at radius 2 is 2.31 bits per heavy atom. The molecule has 2 N–H and O–H groups in total. The summed E-state index contributed by atoms with van der Waals surface area (Å²) in [4.78, 5) is 14.6. The van der Waals surface area contributed by atoms with Crippen molar-refractivity contribution in [3.8, 4) is 0 Å². The normalized spacial score (nSPS) is 17.2. The van der Waals surface area contributed by atoms with Crippen molar-refractivity contribution < 1.29 is 9.90 Å². The van der Waals surface area contributed by atoms with Gasteiger partial charge in [0.1, 0.15) is 0 Å². The van der Waals surface area contributed by atoms with Gasteiger partial charge in [0.25, 0.3) is 0 Å². The largest absolute Gasteiger partial charge is 0.476 e. The molecule has 16 heavy (non-hydrogen) atoms. The number of nitrogens with one attached hydrogen (secondary N) is 1. The number of nitrogens with zero attached hydrogens (tertiary/aromatic N) is 1. The summed E-state index contributed by atoms with van der Waals surface area (Å²) < 4.78 is 0. The summed E-state index contributed by atoms with van der Waals surface area (Å²) in [6, 6.07) is 0. The smallest absolute Gasteiger partial charge is 0.355 e. The molecule has 4 nitrogen and oxygen atoms in total. The zero-order valence-electron chi connectivity index (χ0n) is 8.81. The molecule has 2 rings (SSSR count). The third-order valence-corrected chi connectivity index (χ3v) is 4.45. The lowest BCUT2D eigenvalue weighted by Crippen LogP contribution is -2.19. The maximum absolute atomic E-state index is 10.6. The highest BCUT2D eigenvalue weighted by Crippen LogP contribution is 2.23. The van der Waals surface area contributed by atoms with Crippen LogP contribution in [0.5, 0.6) is 0 Å². The maximum Gasteiger partial charge on any atom is 0.355 e. The molecule has 0 amide bonds. The highest BCUT2D eigenvalue weighted by Gasteiger charge is 2.14. The van der Waals surface area contributed by atoms with Crippen LogP contribution in [-0.4, -0.2) is 34.1 Å². The fraction of sp³-hybridized carbons (Fsp3) is 0.600. The molecule has 6 heteroatoms. The lowest BCUT2D eigenvalue weighted by Gasteiger charge is -2.21. The van der Waals surface area contributed by atoms with Crippen molar-refractivity contribution in [2.75, 3.05) is 23.4 Å². The summed E-state index contributed by atoms with van der Waals surface area (Å²) in [7, 11) is 0. The molecule has 1 saturated heterocycles. The van der Waals surface area contributed by atoms with Crippen LogP contribution >= 0.6 is 23.1 Å². The molecule has 1 fully saturated rings. The maximum atomic E-state index is 10.6. The molecule has 1 aliphatic heterocycles. The average Bonchev–Trinajstić information content (AvgIpc) is 2.76. The van der Waals surface area contributed by atoms with Crippen molar-refractivity contribution in [3.63, 3.8) is 0 Å². The molecule has 0 spiro atoms. The summed E-state index contributed by atoms with van der Waals surface area (Å²) >= 11 is 3.37. The van der Waals surface area contributed by atoms with E-state index < -0.39 is 5.97 Å². The Balaban J connectivity index is 1.81. The molecule has 0 atom stereocenters. The Morgan fingerprint density at radius 1 is 1.56 bits per heavy atom. The van der Waals surface area contributed by atoms with Gasteiger partial charge in [-0.1, -0.05) is 0 Å². The monoisotopic (exact) mass is 258 g/mol. The van der Waals surface area contributed by atoms with Gasteiger partial charge in [0.05, 0.1) is 0 Å². The van der Waals surface area contributed by atoms with Crippen molar-refractivity contribution >= 4 is 34.2 Å². The van der Waals surface area contributed by atoms with Crippen molar-refractivity contribution in [2.45, 2.75) is 12.8 Å². The van der Waals surface area contributed by atoms with E-state index in [2.05, 4.69) is 10.3 Å². The van der Waals surface area contributed by atoms with Crippen LogP contribution in [0, 0.1) is 5.92 Å². The van der Waals surface area contributed by atoms with Gasteiger partial charge >= 0.3 is 5.97 Å². The fourth-order valence-electron chi connectivity index (χ4n) is 1.64. The van der Waals surface area contributed by atoms with E-state index in [1.807, 2.05) is 11.8 Å². The van der Waals surface area contributed by atoms with E-state index in [1.54, 1.807) is 5.38 Å². The SMILES string of the molecule is O=C(O)c1csc(NCC2CCSCC2)n1. The fourth-order valence-corrected chi connectivity index (χ4v) is 3.53. The van der Waals surface area contributed by atoms with Gasteiger partial charge in [0.2, 0.25) is 0 Å². The van der Waals surface area contributed by atoms with Gasteiger partial charge in [-0.3, -0.25) is 0 Å². The molecule has 1 aromatic rings. The predicted octanol–water partition coefficient (Wildman–Crippen LogP) is 2.40. The van der Waals surface area contributed by atoms with Crippen LogP contribution in [0.4, 0.5) is 5.13 Å². The van der Waals surface area contributed by atoms with Crippen LogP contribution in [-0.2, 0) is 0 Å². The van der Waals surface area contributed by atoms with E-state index in [1.165, 1.54) is 35.7 Å². The van der Waals surface area contributed by atoms with E-state index in [4.69, 9.17) is 5.11 Å². The Kier molecular flexibility index (Phi) is 4.06. The molecule has 1 aromatic heterocycles. The van der Waals surface area contributed by atoms with Gasteiger partial charge in [0, 0.05) is 11.9 Å². The second kappa shape index (κ2) is 5.54. The summed E-state index contributed by atoms with van der Waals surface area (Å²) in [5.74, 6) is 2.23. The number of hydrogen-bond acceptors (Lipinski definition) is 5. The topological polar surface area (TPSA) is 62.2 Å². The van der Waals surface area contributed by atoms with Crippen LogP contribution in [0.15, 0.2) is 5.38 Å². The lowest BCUT2D eigenvalue weighted by molar-refractivity contribution is 0.0691. The molecule has 0 radical (unpaired) electrons. The van der Waals surface area contributed by atoms with Crippen LogP contribution in [0.1, 0.15) is 23.3 Å². The third-order valence-electron chi connectivity index (χ3n) is 2.61. The number of carbonyl (C=O) groups is 1. The number of anilines is 1. The van der Waals surface area contributed by atoms with Crippen molar-refractivity contribution in [2.24, 2.45) is 5.92 Å². The van der Waals surface area contributed by atoms with E-state index in [0.717, 1.165) is 11.7 Å². The first-order valence-corrected chi connectivity index (χ1v) is 7.29. The van der Waals surface area contributed by atoms with Gasteiger partial charge in [0.15, 0.2) is 10.8 Å². The summed E-state index contributed by atoms with van der Waals surface area (Å²) in [6.45, 7) is 0.910. The van der Waals surface area contributed by atoms with Crippen molar-refractivity contribution in [1.29, 1.82) is 0 Å². The van der Waals surface area contributed by atoms with Gasteiger partial charge in [-0.05, 0) is 30.3 Å². The average molecular weight is 258 g/mol. The first-order valence-electron chi connectivity index (χ1n) is 5.26. The Morgan fingerprint density at radius 3 is 2.94 bits per heavy atom. The van der Waals surface area contributed by atoms with Crippen LogP contribution in [0.2, 0.25) is 0 Å². The minimum Gasteiger partial charge on any atom is -0.476 e. The number of thioether (sulfide) groups is 1. The summed E-state index contributed by atoms with van der Waals surface area (Å²) in [5, 5.41) is 14.2. The number of aromatic carboxylic acids is 1. The van der Waals surface area contributed by atoms with E-state index in [0.29, 0.717) is 5.92 Å². The highest BCUT2D eigenvalue weighted by atomic mass is 32.2. The summed E-state index contributed by atoms with van der Waals surface area (Å²) in [6.07, 6.45) is 2.49. The van der Waals surface area contributed by atoms with Crippen molar-refractivity contribution in [3.05, 3.63) is 11.1 Å². The Bertz CT molecular complexity index is 361. The second-order valence-electron chi connectivity index (χ2n) is 3.78. The minimum atomic E-state index is -0.960. The van der Waals surface area contributed by atoms with E-state index >= 15 is 0 Å². The lowest BCUT2D eigenvalue weighted by atomic mass is 10.0. The van der Waals surface area contributed by atoms with Gasteiger partial charge < -0.3 is 10.4 Å². The zero-order chi connectivity index (χ0) is 11.4. The molecule has 0 unspecified atom stereocenters. The molecule has 1 aliphatic rings. The Labute approximate surface area is 102 Å². The standard InChI is InChI=1S/C10H14N2O2S2/c13-9(14)8-6-16-10(12-8)11-5-7-1-3-15-4-2-7/h6-7H,1-5H2,(H,11,12)(H,13,14). The molecule has 88 valence electrons.